The summed E-state index contributed by atoms with van der Waals surface area (Å²) in [5.74, 6) is 1.91. The number of rotatable bonds is 15. The largest absolute Gasteiger partial charge is 0.369 e. The zero-order valence-corrected chi connectivity index (χ0v) is 29.4. The van der Waals surface area contributed by atoms with E-state index in [9.17, 15) is 0 Å². The normalized spacial score (nSPS) is 12.5. The molecule has 6 N–H and O–H groups in total. The number of halogens is 3. The van der Waals surface area contributed by atoms with Crippen molar-refractivity contribution in [2.75, 3.05) is 49.9 Å². The second-order valence-corrected chi connectivity index (χ2v) is 11.0. The number of nitrogens with zero attached hydrogens (tertiary/aromatic N) is 6. The van der Waals surface area contributed by atoms with E-state index in [0.29, 0.717) is 47.0 Å². The Morgan fingerprint density at radius 1 is 0.578 bits per heavy atom. The highest BCUT2D eigenvalue weighted by molar-refractivity contribution is 6.31. The van der Waals surface area contributed by atoms with Crippen molar-refractivity contribution in [1.82, 2.24) is 9.80 Å². The van der Waals surface area contributed by atoms with Crippen LogP contribution in [0.3, 0.4) is 0 Å². The predicted octanol–water partition coefficient (Wildman–Crippen LogP) is 7.30. The third-order valence-electron chi connectivity index (χ3n) is 6.84. The first kappa shape index (κ1) is 39.8. The minimum atomic E-state index is 0. The van der Waals surface area contributed by atoms with Gasteiger partial charge in [-0.25, -0.2) is 0 Å². The molecule has 0 aliphatic heterocycles. The summed E-state index contributed by atoms with van der Waals surface area (Å²) in [5, 5.41) is 7.56. The first-order chi connectivity index (χ1) is 21.3. The second-order valence-electron chi connectivity index (χ2n) is 10.1. The summed E-state index contributed by atoms with van der Waals surface area (Å²) >= 11 is 11.9. The van der Waals surface area contributed by atoms with E-state index < -0.39 is 0 Å². The minimum Gasteiger partial charge on any atom is -0.369 e. The van der Waals surface area contributed by atoms with Crippen LogP contribution in [-0.2, 0) is 0 Å². The molecular formula is C32H51Cl3N10. The van der Waals surface area contributed by atoms with Crippen molar-refractivity contribution in [3.05, 3.63) is 58.6 Å². The molecule has 0 aliphatic rings. The van der Waals surface area contributed by atoms with Gasteiger partial charge in [0.15, 0.2) is 0 Å². The second kappa shape index (κ2) is 23.2. The number of guanidine groups is 4. The third-order valence-corrected chi connectivity index (χ3v) is 7.34. The van der Waals surface area contributed by atoms with Gasteiger partial charge in [0.25, 0.3) is 0 Å². The maximum Gasteiger partial charge on any atom is 0.223 e. The number of unbranched alkanes of at least 4 members (excludes halogenated alkanes) is 5. The fourth-order valence-corrected chi connectivity index (χ4v) is 4.60. The summed E-state index contributed by atoms with van der Waals surface area (Å²) in [6.45, 7) is 13.0. The summed E-state index contributed by atoms with van der Waals surface area (Å²) < 4.78 is 0. The monoisotopic (exact) mass is 680 g/mol. The fourth-order valence-electron chi connectivity index (χ4n) is 4.35. The Kier molecular flexibility index (Phi) is 20.5. The van der Waals surface area contributed by atoms with E-state index in [1.807, 2.05) is 48.5 Å². The third kappa shape index (κ3) is 16.1. The van der Waals surface area contributed by atoms with Crippen LogP contribution >= 0.6 is 35.6 Å². The van der Waals surface area contributed by atoms with Crippen molar-refractivity contribution >= 4 is 70.8 Å². The van der Waals surface area contributed by atoms with Gasteiger partial charge >= 0.3 is 0 Å². The average molecular weight is 682 g/mol. The van der Waals surface area contributed by atoms with E-state index in [0.717, 1.165) is 76.1 Å². The van der Waals surface area contributed by atoms with Gasteiger partial charge in [0.2, 0.25) is 23.8 Å². The van der Waals surface area contributed by atoms with Crippen LogP contribution in [0.5, 0.6) is 0 Å². The van der Waals surface area contributed by atoms with Gasteiger partial charge in [-0.2, -0.15) is 9.98 Å². The van der Waals surface area contributed by atoms with Gasteiger partial charge in [-0.05, 0) is 89.1 Å². The van der Waals surface area contributed by atoms with E-state index in [2.05, 4.69) is 58.1 Å². The van der Waals surface area contributed by atoms with Crippen LogP contribution in [0.4, 0.5) is 11.4 Å². The number of anilines is 2. The summed E-state index contributed by atoms with van der Waals surface area (Å²) in [4.78, 5) is 22.9. The molecule has 0 fully saturated rings. The summed E-state index contributed by atoms with van der Waals surface area (Å²) in [7, 11) is 0. The van der Waals surface area contributed by atoms with E-state index >= 15 is 0 Å². The Bertz CT molecular complexity index is 1110. The van der Waals surface area contributed by atoms with Crippen molar-refractivity contribution in [2.45, 2.75) is 66.2 Å². The molecule has 10 nitrogen and oxygen atoms in total. The Labute approximate surface area is 285 Å². The minimum absolute atomic E-state index is 0. The standard InChI is InChI=1S/C32H50Cl2N10.ClH/c1-5-43(6-2)31(41-29(35)39-27-19-15-25(33)16-20-27)37-23-13-11-9-10-12-14-24-38-32(44(7-3)8-4)42-30(36)40-28-21-17-26(34)18-22-28;/h15-22H,5-14,23-24H2,1-4H3,(H3,35,37,39,41)(H3,36,38,40,42);1H. The van der Waals surface area contributed by atoms with Crippen molar-refractivity contribution in [1.29, 1.82) is 0 Å². The predicted molar refractivity (Wildman–Crippen MR) is 199 cm³/mol. The number of aliphatic imine (C=N–C) groups is 4. The van der Waals surface area contributed by atoms with E-state index in [4.69, 9.17) is 44.7 Å². The van der Waals surface area contributed by atoms with Crippen LogP contribution in [0.2, 0.25) is 10.0 Å². The lowest BCUT2D eigenvalue weighted by Gasteiger charge is -2.20. The molecule has 2 aromatic carbocycles. The molecule has 0 saturated carbocycles. The smallest absolute Gasteiger partial charge is 0.223 e. The number of hydrogen-bond acceptors (Lipinski definition) is 2. The maximum atomic E-state index is 6.18. The molecule has 0 aromatic heterocycles. The molecule has 250 valence electrons. The van der Waals surface area contributed by atoms with Gasteiger partial charge in [-0.1, -0.05) is 48.9 Å². The van der Waals surface area contributed by atoms with Crippen LogP contribution in [-0.4, -0.2) is 72.9 Å². The molecule has 0 spiro atoms. The lowest BCUT2D eigenvalue weighted by molar-refractivity contribution is 0.457. The Balaban J connectivity index is 0.0000101. The highest BCUT2D eigenvalue weighted by atomic mass is 35.5. The van der Waals surface area contributed by atoms with Crippen molar-refractivity contribution in [3.8, 4) is 0 Å². The maximum absolute atomic E-state index is 6.18. The Morgan fingerprint density at radius 3 is 1.20 bits per heavy atom. The van der Waals surface area contributed by atoms with Crippen molar-refractivity contribution in [2.24, 2.45) is 31.4 Å². The van der Waals surface area contributed by atoms with Crippen LogP contribution in [0.15, 0.2) is 68.5 Å². The number of hydrogen-bond donors (Lipinski definition) is 4. The molecule has 0 atom stereocenters. The summed E-state index contributed by atoms with van der Waals surface area (Å²) in [5.41, 5.74) is 14.0. The van der Waals surface area contributed by atoms with E-state index in [1.165, 1.54) is 0 Å². The molecule has 13 heteroatoms. The molecule has 0 heterocycles. The molecule has 45 heavy (non-hydrogen) atoms. The number of nitrogens with one attached hydrogen (secondary N) is 2. The SMILES string of the molecule is CCN(CC)C(=NCCCCCCCCN=C(/N=C(/N)Nc1ccc(Cl)cc1)N(CC)CC)/N=C(/N)Nc1ccc(Cl)cc1.Cl. The lowest BCUT2D eigenvalue weighted by Crippen LogP contribution is -2.33. The van der Waals surface area contributed by atoms with Crippen molar-refractivity contribution in [3.63, 3.8) is 0 Å². The molecule has 2 rings (SSSR count). The van der Waals surface area contributed by atoms with Crippen molar-refractivity contribution < 1.29 is 0 Å². The zero-order chi connectivity index (χ0) is 32.2. The van der Waals surface area contributed by atoms with Crippen LogP contribution < -0.4 is 22.1 Å². The quantitative estimate of drug-likeness (QED) is 0.0886. The van der Waals surface area contributed by atoms with E-state index in [-0.39, 0.29) is 12.4 Å². The van der Waals surface area contributed by atoms with Crippen LogP contribution in [0.25, 0.3) is 0 Å². The molecule has 0 saturated heterocycles. The fraction of sp³-hybridized carbons (Fsp3) is 0.500. The summed E-state index contributed by atoms with van der Waals surface area (Å²) in [6.07, 6.45) is 6.54. The van der Waals surface area contributed by atoms with E-state index in [1.54, 1.807) is 0 Å². The Morgan fingerprint density at radius 2 is 0.889 bits per heavy atom. The topological polar surface area (TPSA) is 132 Å². The van der Waals surface area contributed by atoms with Gasteiger partial charge in [-0.15, -0.1) is 12.4 Å². The molecule has 2 aromatic rings. The van der Waals surface area contributed by atoms with Gasteiger partial charge in [0.05, 0.1) is 0 Å². The zero-order valence-electron chi connectivity index (χ0n) is 27.1. The highest BCUT2D eigenvalue weighted by Gasteiger charge is 2.09. The molecule has 0 unspecified atom stereocenters. The molecule has 0 bridgehead atoms. The molecule has 0 aliphatic carbocycles. The van der Waals surface area contributed by atoms with Gasteiger partial charge < -0.3 is 31.9 Å². The van der Waals surface area contributed by atoms with Gasteiger partial charge in [-0.3, -0.25) is 9.98 Å². The number of benzene rings is 2. The van der Waals surface area contributed by atoms with Gasteiger partial charge in [0, 0.05) is 60.7 Å². The Hall–Kier alpha value is -3.21. The lowest BCUT2D eigenvalue weighted by atomic mass is 10.1. The number of nitrogens with two attached hydrogens (primary N) is 2. The first-order valence-corrected chi connectivity index (χ1v) is 16.4. The van der Waals surface area contributed by atoms with Crippen LogP contribution in [0, 0.1) is 0 Å². The van der Waals surface area contributed by atoms with Gasteiger partial charge in [0.1, 0.15) is 0 Å². The van der Waals surface area contributed by atoms with Crippen LogP contribution in [0.1, 0.15) is 66.2 Å². The average Bonchev–Trinajstić information content (AvgIpc) is 3.01. The molecule has 0 amide bonds. The summed E-state index contributed by atoms with van der Waals surface area (Å²) in [6, 6.07) is 14.7. The highest BCUT2D eigenvalue weighted by Crippen LogP contribution is 2.14. The molecular weight excluding hydrogens is 631 g/mol. The molecule has 0 radical (unpaired) electrons. The first-order valence-electron chi connectivity index (χ1n) is 15.6.